The van der Waals surface area contributed by atoms with Gasteiger partial charge in [-0.2, -0.15) is 0 Å². The van der Waals surface area contributed by atoms with Crippen LogP contribution in [0.1, 0.15) is 71.6 Å². The minimum Gasteiger partial charge on any atom is -0.449 e. The molecule has 1 aliphatic heterocycles. The molecule has 0 spiro atoms. The molecule has 8 nitrogen and oxygen atoms in total. The summed E-state index contributed by atoms with van der Waals surface area (Å²) < 4.78 is 5.51. The lowest BCUT2D eigenvalue weighted by molar-refractivity contribution is -0.127. The number of hydrogen-bond acceptors (Lipinski definition) is 5. The smallest absolute Gasteiger partial charge is 0.407 e. The van der Waals surface area contributed by atoms with Crippen molar-refractivity contribution in [3.63, 3.8) is 0 Å². The summed E-state index contributed by atoms with van der Waals surface area (Å²) in [5, 5.41) is 8.14. The maximum atomic E-state index is 12.8. The number of amides is 3. The third kappa shape index (κ3) is 7.20. The van der Waals surface area contributed by atoms with Crippen molar-refractivity contribution in [1.82, 2.24) is 16.0 Å². The first kappa shape index (κ1) is 24.5. The summed E-state index contributed by atoms with van der Waals surface area (Å²) in [6.07, 6.45) is 8.89. The zero-order valence-corrected chi connectivity index (χ0v) is 19.4. The fraction of sp³-hybridized carbons (Fsp3) is 0.833. The first-order valence-electron chi connectivity index (χ1n) is 12.3. The molecule has 2 aliphatic carbocycles. The van der Waals surface area contributed by atoms with Gasteiger partial charge >= 0.3 is 6.09 Å². The number of aldehydes is 1. The van der Waals surface area contributed by atoms with Gasteiger partial charge in [0, 0.05) is 12.5 Å². The van der Waals surface area contributed by atoms with Crippen molar-refractivity contribution >= 4 is 24.2 Å². The van der Waals surface area contributed by atoms with Crippen LogP contribution in [0.4, 0.5) is 4.79 Å². The molecule has 2 saturated carbocycles. The van der Waals surface area contributed by atoms with Gasteiger partial charge in [0.2, 0.25) is 11.8 Å². The van der Waals surface area contributed by atoms with Gasteiger partial charge in [-0.25, -0.2) is 4.79 Å². The van der Waals surface area contributed by atoms with E-state index in [9.17, 15) is 19.2 Å². The van der Waals surface area contributed by atoms with Gasteiger partial charge in [-0.15, -0.1) is 0 Å². The minimum absolute atomic E-state index is 0.0848. The quantitative estimate of drug-likeness (QED) is 0.444. The second kappa shape index (κ2) is 11.7. The van der Waals surface area contributed by atoms with E-state index in [1.54, 1.807) is 0 Å². The van der Waals surface area contributed by atoms with Crippen molar-refractivity contribution in [1.29, 1.82) is 0 Å². The van der Waals surface area contributed by atoms with Gasteiger partial charge in [-0.05, 0) is 62.2 Å². The molecule has 6 atom stereocenters. The van der Waals surface area contributed by atoms with Crippen LogP contribution in [-0.4, -0.2) is 49.4 Å². The standard InChI is InChI=1S/C24H39N3O5/c1-15(2)8-21(23(30)26-20(13-28)12-19-6-7-25-22(19)29)27-24(31)32-14-18-10-16-4-3-5-17(9-16)11-18/h13,15-21H,3-12,14H2,1-2H3,(H,25,29)(H,26,30)(H,27,31)/t16-,17+,18?,19-,20-,21-/m0/s1. The molecule has 3 N–H and O–H groups in total. The van der Waals surface area contributed by atoms with Crippen LogP contribution in [0.2, 0.25) is 0 Å². The molecule has 0 aromatic rings. The molecule has 3 rings (SSSR count). The zero-order valence-electron chi connectivity index (χ0n) is 19.4. The molecule has 0 aromatic heterocycles. The summed E-state index contributed by atoms with van der Waals surface area (Å²) in [6.45, 7) is 4.92. The van der Waals surface area contributed by atoms with E-state index in [2.05, 4.69) is 16.0 Å². The van der Waals surface area contributed by atoms with E-state index < -0.39 is 24.1 Å². The summed E-state index contributed by atoms with van der Waals surface area (Å²) in [4.78, 5) is 48.6. The summed E-state index contributed by atoms with van der Waals surface area (Å²) in [5.74, 6) is 1.32. The molecular formula is C24H39N3O5. The molecule has 0 radical (unpaired) electrons. The Morgan fingerprint density at radius 1 is 1.12 bits per heavy atom. The van der Waals surface area contributed by atoms with Gasteiger partial charge in [0.05, 0.1) is 12.6 Å². The maximum absolute atomic E-state index is 12.8. The minimum atomic E-state index is -0.784. The average molecular weight is 450 g/mol. The normalized spacial score (nSPS) is 29.0. The van der Waals surface area contributed by atoms with Gasteiger partial charge in [-0.1, -0.05) is 33.1 Å². The van der Waals surface area contributed by atoms with Crippen molar-refractivity contribution in [2.45, 2.75) is 83.7 Å². The van der Waals surface area contributed by atoms with E-state index in [1.165, 1.54) is 25.7 Å². The molecule has 1 saturated heterocycles. The van der Waals surface area contributed by atoms with E-state index in [0.717, 1.165) is 24.7 Å². The van der Waals surface area contributed by atoms with Crippen LogP contribution in [0.15, 0.2) is 0 Å². The second-order valence-electron chi connectivity index (χ2n) is 10.4. The lowest BCUT2D eigenvalue weighted by Crippen LogP contribution is -2.51. The first-order chi connectivity index (χ1) is 15.3. The summed E-state index contributed by atoms with van der Waals surface area (Å²) in [7, 11) is 0. The number of ether oxygens (including phenoxy) is 1. The Labute approximate surface area is 191 Å². The topological polar surface area (TPSA) is 114 Å². The van der Waals surface area contributed by atoms with Crippen LogP contribution in [0.25, 0.3) is 0 Å². The van der Waals surface area contributed by atoms with Crippen LogP contribution >= 0.6 is 0 Å². The highest BCUT2D eigenvalue weighted by Gasteiger charge is 2.33. The number of fused-ring (bicyclic) bond motifs is 2. The lowest BCUT2D eigenvalue weighted by atomic mass is 9.68. The summed E-state index contributed by atoms with van der Waals surface area (Å²) in [5.41, 5.74) is 0. The zero-order chi connectivity index (χ0) is 23.1. The molecule has 8 heteroatoms. The Balaban J connectivity index is 1.48. The number of carbonyl (C=O) groups excluding carboxylic acids is 4. The fourth-order valence-corrected chi connectivity index (χ4v) is 5.69. The molecule has 180 valence electrons. The van der Waals surface area contributed by atoms with Crippen LogP contribution < -0.4 is 16.0 Å². The molecule has 3 aliphatic rings. The lowest BCUT2D eigenvalue weighted by Gasteiger charge is -2.38. The summed E-state index contributed by atoms with van der Waals surface area (Å²) >= 11 is 0. The van der Waals surface area contributed by atoms with Crippen LogP contribution in [0.5, 0.6) is 0 Å². The molecular weight excluding hydrogens is 410 g/mol. The molecule has 32 heavy (non-hydrogen) atoms. The number of nitrogens with one attached hydrogen (secondary N) is 3. The van der Waals surface area contributed by atoms with Gasteiger partial charge in [-0.3, -0.25) is 9.59 Å². The second-order valence-corrected chi connectivity index (χ2v) is 10.4. The van der Waals surface area contributed by atoms with Crippen LogP contribution in [-0.2, 0) is 19.1 Å². The number of alkyl carbamates (subject to hydrolysis) is 1. The largest absolute Gasteiger partial charge is 0.449 e. The van der Waals surface area contributed by atoms with E-state index >= 15 is 0 Å². The predicted octanol–water partition coefficient (Wildman–Crippen LogP) is 2.55. The van der Waals surface area contributed by atoms with Crippen molar-refractivity contribution in [3.8, 4) is 0 Å². The molecule has 3 fully saturated rings. The molecule has 0 aromatic carbocycles. The van der Waals surface area contributed by atoms with Crippen molar-refractivity contribution < 1.29 is 23.9 Å². The average Bonchev–Trinajstić information content (AvgIpc) is 3.15. The highest BCUT2D eigenvalue weighted by atomic mass is 16.5. The third-order valence-electron chi connectivity index (χ3n) is 7.18. The Hall–Kier alpha value is -2.12. The summed E-state index contributed by atoms with van der Waals surface area (Å²) in [6, 6.07) is -1.54. The molecule has 1 heterocycles. The van der Waals surface area contributed by atoms with Crippen LogP contribution in [0.3, 0.4) is 0 Å². The van der Waals surface area contributed by atoms with E-state index in [0.29, 0.717) is 38.2 Å². The maximum Gasteiger partial charge on any atom is 0.407 e. The van der Waals surface area contributed by atoms with Gasteiger partial charge in [0.25, 0.3) is 0 Å². The number of carbonyl (C=O) groups is 4. The van der Waals surface area contributed by atoms with Gasteiger partial charge in [0.1, 0.15) is 12.3 Å². The van der Waals surface area contributed by atoms with Crippen molar-refractivity contribution in [2.24, 2.45) is 29.6 Å². The Kier molecular flexibility index (Phi) is 8.93. The Morgan fingerprint density at radius 3 is 2.44 bits per heavy atom. The third-order valence-corrected chi connectivity index (χ3v) is 7.18. The SMILES string of the molecule is CC(C)C[C@H](NC(=O)OCC1C[C@H]2CCC[C@@H](C1)C2)C(=O)N[C@H](C=O)C[C@@H]1CCNC1=O. The Bertz CT molecular complexity index is 671. The highest BCUT2D eigenvalue weighted by molar-refractivity contribution is 5.88. The predicted molar refractivity (Wildman–Crippen MR) is 120 cm³/mol. The van der Waals surface area contributed by atoms with Gasteiger partial charge < -0.3 is 25.5 Å². The molecule has 2 bridgehead atoms. The fourth-order valence-electron chi connectivity index (χ4n) is 5.69. The van der Waals surface area contributed by atoms with E-state index in [1.807, 2.05) is 13.8 Å². The first-order valence-corrected chi connectivity index (χ1v) is 12.3. The molecule has 3 amide bonds. The van der Waals surface area contributed by atoms with E-state index in [-0.39, 0.29) is 24.2 Å². The van der Waals surface area contributed by atoms with Crippen molar-refractivity contribution in [3.05, 3.63) is 0 Å². The monoisotopic (exact) mass is 449 g/mol. The van der Waals surface area contributed by atoms with Crippen LogP contribution in [0, 0.1) is 29.6 Å². The van der Waals surface area contributed by atoms with Gasteiger partial charge in [0.15, 0.2) is 0 Å². The van der Waals surface area contributed by atoms with E-state index in [4.69, 9.17) is 4.74 Å². The number of hydrogen-bond donors (Lipinski definition) is 3. The highest BCUT2D eigenvalue weighted by Crippen LogP contribution is 2.42. The number of rotatable bonds is 10. The van der Waals surface area contributed by atoms with Crippen molar-refractivity contribution in [2.75, 3.05) is 13.2 Å². The molecule has 1 unspecified atom stereocenters. The Morgan fingerprint density at radius 2 is 1.84 bits per heavy atom.